The molecular formula is C31H30ClF4N. The van der Waals surface area contributed by atoms with E-state index in [1.165, 1.54) is 17.7 Å². The summed E-state index contributed by atoms with van der Waals surface area (Å²) < 4.78 is 54.7. The third-order valence-electron chi connectivity index (χ3n) is 7.48. The summed E-state index contributed by atoms with van der Waals surface area (Å²) in [5.74, 6) is 0.555. The predicted molar refractivity (Wildman–Crippen MR) is 142 cm³/mol. The van der Waals surface area contributed by atoms with Crippen LogP contribution in [0.25, 0.3) is 11.1 Å². The van der Waals surface area contributed by atoms with Crippen LogP contribution in [-0.4, -0.2) is 31.2 Å². The van der Waals surface area contributed by atoms with Gasteiger partial charge in [-0.2, -0.15) is 13.2 Å². The molecule has 6 heteroatoms. The van der Waals surface area contributed by atoms with E-state index in [9.17, 15) is 17.6 Å². The quantitative estimate of drug-likeness (QED) is 0.278. The van der Waals surface area contributed by atoms with Crippen molar-refractivity contribution < 1.29 is 17.6 Å². The number of benzene rings is 3. The summed E-state index contributed by atoms with van der Waals surface area (Å²) >= 11 is 6.24. The van der Waals surface area contributed by atoms with E-state index in [2.05, 4.69) is 23.1 Å². The molecule has 1 heterocycles. The Morgan fingerprint density at radius 2 is 1.65 bits per heavy atom. The lowest BCUT2D eigenvalue weighted by molar-refractivity contribution is -0.137. The van der Waals surface area contributed by atoms with Gasteiger partial charge in [0.15, 0.2) is 0 Å². The zero-order valence-corrected chi connectivity index (χ0v) is 21.4. The van der Waals surface area contributed by atoms with Gasteiger partial charge in [-0.05, 0) is 95.2 Å². The second kappa shape index (κ2) is 11.0. The average molecular weight is 528 g/mol. The molecule has 3 aromatic carbocycles. The minimum atomic E-state index is -4.48. The van der Waals surface area contributed by atoms with E-state index in [4.69, 9.17) is 11.6 Å². The first-order chi connectivity index (χ1) is 17.8. The first-order valence-corrected chi connectivity index (χ1v) is 13.3. The highest BCUT2D eigenvalue weighted by molar-refractivity contribution is 6.30. The van der Waals surface area contributed by atoms with Crippen LogP contribution in [0.3, 0.4) is 0 Å². The number of fused-ring (bicyclic) bond motifs is 1. The maximum atomic E-state index is 14.1. The fourth-order valence-electron chi connectivity index (χ4n) is 5.75. The van der Waals surface area contributed by atoms with E-state index in [1.54, 1.807) is 0 Å². The number of allylic oxidation sites excluding steroid dienone is 1. The predicted octanol–water partition coefficient (Wildman–Crippen LogP) is 8.49. The summed E-state index contributed by atoms with van der Waals surface area (Å²) in [6, 6.07) is 20.2. The van der Waals surface area contributed by atoms with Crippen molar-refractivity contribution in [3.05, 3.63) is 105 Å². The summed E-state index contributed by atoms with van der Waals surface area (Å²) in [5.41, 5.74) is 5.32. The van der Waals surface area contributed by atoms with Crippen LogP contribution in [0.4, 0.5) is 17.6 Å². The maximum Gasteiger partial charge on any atom is 0.416 e. The number of halogens is 5. The van der Waals surface area contributed by atoms with Crippen molar-refractivity contribution in [3.8, 4) is 0 Å². The van der Waals surface area contributed by atoms with E-state index in [0.29, 0.717) is 29.4 Å². The fraction of sp³-hybridized carbons (Fsp3) is 0.355. The Labute approximate surface area is 220 Å². The standard InChI is InChI=1S/C31H30ClF4N/c32-25-13-14-29(31(34,35)36)28(18-25)27-8-3-6-23-5-1-2-7-26(23)30(27)24-11-9-21(10-12-24)17-22-19-37(20-22)16-4-15-33/h1-2,5,7,9-14,18,22H,3-4,6,8,15-17,19-20H2. The molecule has 0 radical (unpaired) electrons. The van der Waals surface area contributed by atoms with Crippen molar-refractivity contribution in [2.24, 2.45) is 5.92 Å². The van der Waals surface area contributed by atoms with Gasteiger partial charge in [-0.15, -0.1) is 0 Å². The van der Waals surface area contributed by atoms with Crippen molar-refractivity contribution in [3.63, 3.8) is 0 Å². The zero-order valence-electron chi connectivity index (χ0n) is 20.6. The molecule has 1 fully saturated rings. The van der Waals surface area contributed by atoms with Crippen LogP contribution >= 0.6 is 11.6 Å². The van der Waals surface area contributed by atoms with E-state index in [-0.39, 0.29) is 12.2 Å². The first-order valence-electron chi connectivity index (χ1n) is 12.9. The Morgan fingerprint density at radius 3 is 2.38 bits per heavy atom. The lowest BCUT2D eigenvalue weighted by Gasteiger charge is -2.39. The number of rotatable bonds is 7. The number of likely N-dealkylation sites (tertiary alicyclic amines) is 1. The molecular weight excluding hydrogens is 498 g/mol. The van der Waals surface area contributed by atoms with E-state index in [0.717, 1.165) is 67.2 Å². The fourth-order valence-corrected chi connectivity index (χ4v) is 5.92. The summed E-state index contributed by atoms with van der Waals surface area (Å²) in [4.78, 5) is 2.28. The van der Waals surface area contributed by atoms with Crippen LogP contribution < -0.4 is 0 Å². The third-order valence-corrected chi connectivity index (χ3v) is 7.72. The average Bonchev–Trinajstić information content (AvgIpc) is 3.04. The SMILES string of the molecule is FCCCN1CC(Cc2ccc(C3=C(c4cc(Cl)ccc4C(F)(F)F)CCCc4ccccc43)cc2)C1. The summed E-state index contributed by atoms with van der Waals surface area (Å²) in [6.45, 7) is 2.51. The molecule has 0 unspecified atom stereocenters. The van der Waals surface area contributed by atoms with Gasteiger partial charge in [-0.1, -0.05) is 60.1 Å². The summed E-state index contributed by atoms with van der Waals surface area (Å²) in [6.07, 6.45) is -0.840. The Hall–Kier alpha value is -2.63. The third kappa shape index (κ3) is 5.78. The number of hydrogen-bond donors (Lipinski definition) is 0. The van der Waals surface area contributed by atoms with Crippen LogP contribution in [0.1, 0.15) is 52.6 Å². The minimum absolute atomic E-state index is 0.165. The smallest absolute Gasteiger partial charge is 0.303 e. The summed E-state index contributed by atoms with van der Waals surface area (Å²) in [7, 11) is 0. The van der Waals surface area contributed by atoms with Gasteiger partial charge in [-0.3, -0.25) is 4.39 Å². The molecule has 1 aliphatic heterocycles. The second-order valence-electron chi connectivity index (χ2n) is 10.1. The van der Waals surface area contributed by atoms with Gasteiger partial charge in [0.1, 0.15) is 0 Å². The summed E-state index contributed by atoms with van der Waals surface area (Å²) in [5, 5.41) is 0.295. The molecule has 2 aliphatic rings. The van der Waals surface area contributed by atoms with Gasteiger partial charge in [0.05, 0.1) is 12.2 Å². The molecule has 194 valence electrons. The van der Waals surface area contributed by atoms with Gasteiger partial charge in [-0.25, -0.2) is 0 Å². The normalized spacial score (nSPS) is 16.9. The van der Waals surface area contributed by atoms with Crippen LogP contribution in [0.15, 0.2) is 66.7 Å². The number of hydrogen-bond acceptors (Lipinski definition) is 1. The number of nitrogens with zero attached hydrogens (tertiary/aromatic N) is 1. The Morgan fingerprint density at radius 1 is 0.892 bits per heavy atom. The Bertz CT molecular complexity index is 1270. The lowest BCUT2D eigenvalue weighted by atomic mass is 9.85. The molecule has 1 nitrogen and oxygen atoms in total. The Kier molecular flexibility index (Phi) is 7.73. The molecule has 0 bridgehead atoms. The monoisotopic (exact) mass is 527 g/mol. The maximum absolute atomic E-state index is 14.1. The van der Waals surface area contributed by atoms with Gasteiger partial charge >= 0.3 is 6.18 Å². The highest BCUT2D eigenvalue weighted by Crippen LogP contribution is 2.44. The topological polar surface area (TPSA) is 3.24 Å². The number of aryl methyl sites for hydroxylation is 1. The van der Waals surface area contributed by atoms with Gasteiger partial charge in [0, 0.05) is 24.7 Å². The van der Waals surface area contributed by atoms with Crippen LogP contribution in [0, 0.1) is 5.92 Å². The number of alkyl halides is 4. The molecule has 0 N–H and O–H groups in total. The molecule has 3 aromatic rings. The Balaban J connectivity index is 1.53. The van der Waals surface area contributed by atoms with Crippen molar-refractivity contribution in [2.75, 3.05) is 26.3 Å². The molecule has 0 aromatic heterocycles. The van der Waals surface area contributed by atoms with Crippen LogP contribution in [-0.2, 0) is 19.0 Å². The second-order valence-corrected chi connectivity index (χ2v) is 10.6. The van der Waals surface area contributed by atoms with Crippen molar-refractivity contribution >= 4 is 22.7 Å². The van der Waals surface area contributed by atoms with E-state index in [1.807, 2.05) is 30.3 Å². The molecule has 1 saturated heterocycles. The molecule has 0 amide bonds. The minimum Gasteiger partial charge on any atom is -0.303 e. The van der Waals surface area contributed by atoms with Gasteiger partial charge < -0.3 is 4.90 Å². The van der Waals surface area contributed by atoms with Gasteiger partial charge in [0.2, 0.25) is 0 Å². The molecule has 0 saturated carbocycles. The largest absolute Gasteiger partial charge is 0.416 e. The molecule has 5 rings (SSSR count). The van der Waals surface area contributed by atoms with Crippen molar-refractivity contribution in [1.82, 2.24) is 4.90 Å². The highest BCUT2D eigenvalue weighted by atomic mass is 35.5. The van der Waals surface area contributed by atoms with Gasteiger partial charge in [0.25, 0.3) is 0 Å². The van der Waals surface area contributed by atoms with Crippen LogP contribution in [0.2, 0.25) is 5.02 Å². The van der Waals surface area contributed by atoms with Crippen molar-refractivity contribution in [2.45, 2.75) is 38.3 Å². The first kappa shape index (κ1) is 26.0. The molecule has 0 spiro atoms. The lowest BCUT2D eigenvalue weighted by Crippen LogP contribution is -2.47. The molecule has 0 atom stereocenters. The van der Waals surface area contributed by atoms with E-state index >= 15 is 0 Å². The van der Waals surface area contributed by atoms with Crippen molar-refractivity contribution in [1.29, 1.82) is 0 Å². The highest BCUT2D eigenvalue weighted by Gasteiger charge is 2.35. The zero-order chi connectivity index (χ0) is 26.0. The molecule has 37 heavy (non-hydrogen) atoms. The molecule has 1 aliphatic carbocycles. The van der Waals surface area contributed by atoms with E-state index < -0.39 is 11.7 Å². The van der Waals surface area contributed by atoms with Crippen LogP contribution in [0.5, 0.6) is 0 Å².